The van der Waals surface area contributed by atoms with Crippen LogP contribution in [0.5, 0.6) is 0 Å². The van der Waals surface area contributed by atoms with Crippen molar-refractivity contribution in [1.82, 2.24) is 4.81 Å². The molecule has 0 atom stereocenters. The second-order valence-electron chi connectivity index (χ2n) is 6.28. The zero-order chi connectivity index (χ0) is 13.4. The fourth-order valence-electron chi connectivity index (χ4n) is 2.51. The van der Waals surface area contributed by atoms with Crippen molar-refractivity contribution in [1.29, 1.82) is 0 Å². The summed E-state index contributed by atoms with van der Waals surface area (Å²) in [5.41, 5.74) is -0.493. The van der Waals surface area contributed by atoms with Crippen LogP contribution in [0.2, 0.25) is 5.82 Å². The summed E-state index contributed by atoms with van der Waals surface area (Å²) in [6.07, 6.45) is 2.89. The van der Waals surface area contributed by atoms with Crippen LogP contribution in [0.25, 0.3) is 0 Å². The molecule has 0 unspecified atom stereocenters. The van der Waals surface area contributed by atoms with E-state index < -0.39 is 0 Å². The molecule has 0 aromatic rings. The fourth-order valence-corrected chi connectivity index (χ4v) is 2.51. The minimum absolute atomic E-state index is 0.103. The van der Waals surface area contributed by atoms with Gasteiger partial charge in [0.25, 0.3) is 7.41 Å². The number of hydrogen-bond donors (Lipinski definition) is 0. The van der Waals surface area contributed by atoms with E-state index in [0.717, 1.165) is 32.1 Å². The first kappa shape index (κ1) is 14.1. The Morgan fingerprint density at radius 3 is 2.11 bits per heavy atom. The Morgan fingerprint density at radius 1 is 1.17 bits per heavy atom. The fraction of sp³-hybridized carbons (Fsp3) is 0.917. The molecule has 0 spiro atoms. The lowest BCUT2D eigenvalue weighted by Gasteiger charge is -2.32. The molecule has 0 aromatic carbocycles. The van der Waals surface area contributed by atoms with Gasteiger partial charge in [0.1, 0.15) is 0 Å². The van der Waals surface area contributed by atoms with Crippen LogP contribution in [-0.4, -0.2) is 49.8 Å². The Morgan fingerprint density at radius 2 is 1.67 bits per heavy atom. The third-order valence-electron chi connectivity index (χ3n) is 4.50. The van der Waals surface area contributed by atoms with Gasteiger partial charge in [-0.1, -0.05) is 0 Å². The number of carbonyl (C=O) groups is 1. The smallest absolute Gasteiger partial charge is 0.403 e. The van der Waals surface area contributed by atoms with Gasteiger partial charge in [-0.25, -0.2) is 0 Å². The number of piperidine rings is 1. The summed E-state index contributed by atoms with van der Waals surface area (Å²) in [4.78, 5) is 12.5. The molecule has 99 valence electrons. The number of hydrogen-bond acceptors (Lipinski definition) is 4. The van der Waals surface area contributed by atoms with Crippen molar-refractivity contribution in [2.75, 3.05) is 13.1 Å². The highest BCUT2D eigenvalue weighted by Crippen LogP contribution is 2.42. The van der Waals surface area contributed by atoms with Gasteiger partial charge in [-0.05, 0) is 59.4 Å². The van der Waals surface area contributed by atoms with Gasteiger partial charge in [-0.2, -0.15) is 0 Å². The normalized spacial score (nSPS) is 28.3. The first-order valence-electron chi connectivity index (χ1n) is 6.74. The van der Waals surface area contributed by atoms with Crippen LogP contribution in [0, 0.1) is 0 Å². The second-order valence-corrected chi connectivity index (χ2v) is 6.28. The molecule has 0 bridgehead atoms. The second kappa shape index (κ2) is 4.99. The average Bonchev–Trinajstić information content (AvgIpc) is 2.50. The molecule has 2 heterocycles. The van der Waals surface area contributed by atoms with Crippen molar-refractivity contribution in [3.63, 3.8) is 0 Å². The van der Waals surface area contributed by atoms with E-state index in [1.807, 2.05) is 0 Å². The lowest BCUT2D eigenvalue weighted by Crippen LogP contribution is -2.41. The Bertz CT molecular complexity index is 298. The zero-order valence-electron chi connectivity index (χ0n) is 11.8. The van der Waals surface area contributed by atoms with Gasteiger partial charge in [0.2, 0.25) is 0 Å². The molecule has 4 nitrogen and oxygen atoms in total. The molecule has 0 aromatic heterocycles. The van der Waals surface area contributed by atoms with Crippen LogP contribution >= 0.6 is 0 Å². The molecule has 0 N–H and O–H groups in total. The summed E-state index contributed by atoms with van der Waals surface area (Å²) < 4.78 is 12.2. The molecular weight excluding hydrogens is 228 g/mol. The molecule has 2 saturated heterocycles. The van der Waals surface area contributed by atoms with Crippen LogP contribution in [0.4, 0.5) is 0 Å². The molecular formula is C12H22B2NO3. The summed E-state index contributed by atoms with van der Waals surface area (Å²) in [6.45, 7) is 10.2. The quantitative estimate of drug-likeness (QED) is 0.559. The van der Waals surface area contributed by atoms with E-state index in [0.29, 0.717) is 5.82 Å². The van der Waals surface area contributed by atoms with Gasteiger partial charge in [0.05, 0.1) is 17.4 Å². The molecule has 0 aliphatic carbocycles. The summed E-state index contributed by atoms with van der Waals surface area (Å²) >= 11 is 0. The van der Waals surface area contributed by atoms with Gasteiger partial charge in [-0.3, -0.25) is 0 Å². The van der Waals surface area contributed by atoms with Crippen molar-refractivity contribution in [3.8, 4) is 0 Å². The summed E-state index contributed by atoms with van der Waals surface area (Å²) in [6, 6.07) is 0. The van der Waals surface area contributed by atoms with Crippen LogP contribution < -0.4 is 0 Å². The van der Waals surface area contributed by atoms with E-state index in [-0.39, 0.29) is 18.3 Å². The van der Waals surface area contributed by atoms with Crippen molar-refractivity contribution in [2.24, 2.45) is 0 Å². The first-order chi connectivity index (χ1) is 8.36. The third-order valence-corrected chi connectivity index (χ3v) is 4.50. The summed E-state index contributed by atoms with van der Waals surface area (Å²) in [7, 11) is 1.52. The molecule has 2 aliphatic rings. The van der Waals surface area contributed by atoms with E-state index in [1.165, 1.54) is 0 Å². The lowest BCUT2D eigenvalue weighted by atomic mass is 9.66. The number of nitrogens with zero attached hydrogens (tertiary/aromatic N) is 1. The molecule has 18 heavy (non-hydrogen) atoms. The Kier molecular flexibility index (Phi) is 3.90. The van der Waals surface area contributed by atoms with Crippen molar-refractivity contribution in [2.45, 2.75) is 57.6 Å². The van der Waals surface area contributed by atoms with E-state index in [1.54, 1.807) is 7.41 Å². The maximum Gasteiger partial charge on any atom is 0.461 e. The molecule has 2 rings (SSSR count). The lowest BCUT2D eigenvalue weighted by molar-refractivity contribution is 0.00578. The maximum absolute atomic E-state index is 10.4. The molecule has 2 aliphatic heterocycles. The van der Waals surface area contributed by atoms with Crippen molar-refractivity contribution >= 4 is 20.7 Å². The van der Waals surface area contributed by atoms with Gasteiger partial charge >= 0.3 is 7.12 Å². The first-order valence-corrected chi connectivity index (χ1v) is 6.74. The Labute approximate surface area is 111 Å². The predicted octanol–water partition coefficient (Wildman–Crippen LogP) is 1.35. The van der Waals surface area contributed by atoms with E-state index >= 15 is 0 Å². The zero-order valence-corrected chi connectivity index (χ0v) is 11.8. The number of carbonyl (C=O) groups excluding carboxylic acids is 1. The molecule has 0 saturated carbocycles. The van der Waals surface area contributed by atoms with Gasteiger partial charge in [-0.15, -0.1) is 0 Å². The summed E-state index contributed by atoms with van der Waals surface area (Å²) in [5, 5.41) is 0. The van der Waals surface area contributed by atoms with Crippen LogP contribution in [0.15, 0.2) is 0 Å². The standard InChI is InChI=1S/C12H22B2NO3/c1-11(2)12(3,4)18-14(17-11)10-5-7-15(8-6-10)13-9-16/h9-10H,5-8H2,1-4H3. The van der Waals surface area contributed by atoms with E-state index in [4.69, 9.17) is 9.31 Å². The maximum atomic E-state index is 10.4. The third kappa shape index (κ3) is 2.65. The topological polar surface area (TPSA) is 38.8 Å². The largest absolute Gasteiger partial charge is 0.461 e. The highest BCUT2D eigenvalue weighted by Gasteiger charge is 2.53. The monoisotopic (exact) mass is 250 g/mol. The van der Waals surface area contributed by atoms with Gasteiger partial charge in [0.15, 0.2) is 0 Å². The SMILES string of the molecule is CC1(C)OB(C2CCN([B]C=O)CC2)OC1(C)C. The molecule has 1 radical (unpaired) electrons. The molecule has 6 heteroatoms. The highest BCUT2D eigenvalue weighted by atomic mass is 16.7. The van der Waals surface area contributed by atoms with Gasteiger partial charge < -0.3 is 18.9 Å². The van der Waals surface area contributed by atoms with Crippen LogP contribution in [-0.2, 0) is 14.1 Å². The Balaban J connectivity index is 1.90. The minimum atomic E-state index is -0.246. The van der Waals surface area contributed by atoms with Crippen molar-refractivity contribution in [3.05, 3.63) is 0 Å². The average molecular weight is 250 g/mol. The predicted molar refractivity (Wildman–Crippen MR) is 73.1 cm³/mol. The minimum Gasteiger partial charge on any atom is -0.403 e. The molecule has 2 fully saturated rings. The summed E-state index contributed by atoms with van der Waals surface area (Å²) in [5.74, 6) is 0.433. The van der Waals surface area contributed by atoms with E-state index in [2.05, 4.69) is 32.5 Å². The molecule has 0 amide bonds. The van der Waals surface area contributed by atoms with Gasteiger partial charge in [0, 0.05) is 0 Å². The Hall–Kier alpha value is -0.320. The number of rotatable bonds is 3. The van der Waals surface area contributed by atoms with Crippen LogP contribution in [0.3, 0.4) is 0 Å². The van der Waals surface area contributed by atoms with E-state index in [9.17, 15) is 4.79 Å². The highest BCUT2D eigenvalue weighted by molar-refractivity contribution is 6.64. The van der Waals surface area contributed by atoms with Crippen LogP contribution in [0.1, 0.15) is 40.5 Å². The van der Waals surface area contributed by atoms with Crippen molar-refractivity contribution < 1.29 is 14.1 Å².